The highest BCUT2D eigenvalue weighted by Crippen LogP contribution is 2.71. The number of nitrogens with one attached hydrogen (secondary N) is 1. The lowest BCUT2D eigenvalue weighted by Crippen LogP contribution is -2.57. The van der Waals surface area contributed by atoms with Crippen molar-refractivity contribution >= 4 is 29.5 Å². The first kappa shape index (κ1) is 21.9. The second-order valence-corrected chi connectivity index (χ2v) is 11.5. The molecule has 0 aromatic heterocycles. The minimum atomic E-state index is -0.662. The van der Waals surface area contributed by atoms with E-state index in [9.17, 15) is 19.5 Å². The van der Waals surface area contributed by atoms with Crippen molar-refractivity contribution in [2.24, 2.45) is 11.8 Å². The van der Waals surface area contributed by atoms with Gasteiger partial charge in [0.05, 0.1) is 35.8 Å². The van der Waals surface area contributed by atoms with Gasteiger partial charge in [0.2, 0.25) is 11.8 Å². The molecule has 4 fully saturated rings. The first-order valence-corrected chi connectivity index (χ1v) is 12.2. The SMILES string of the molecule is CCOC(=O)[C@H]1[C@H]2C(=O)N([C@H](C)CO)C(C(=O)NC3CCCCC3)C23CC[C@]1(C)S3. The van der Waals surface area contributed by atoms with E-state index in [1.807, 2.05) is 6.92 Å². The summed E-state index contributed by atoms with van der Waals surface area (Å²) in [6.07, 6.45) is 6.85. The molecule has 4 aliphatic rings. The Kier molecular flexibility index (Phi) is 5.85. The van der Waals surface area contributed by atoms with Crippen LogP contribution in [-0.2, 0) is 19.1 Å². The number of amides is 2. The number of aliphatic hydroxyl groups excluding tert-OH is 1. The minimum Gasteiger partial charge on any atom is -0.466 e. The predicted octanol–water partition coefficient (Wildman–Crippen LogP) is 1.86. The summed E-state index contributed by atoms with van der Waals surface area (Å²) in [4.78, 5) is 41.7. The molecule has 0 radical (unpaired) electrons. The number of rotatable bonds is 6. The number of hydrogen-bond donors (Lipinski definition) is 2. The Morgan fingerprint density at radius 2 is 2.00 bits per heavy atom. The van der Waals surface area contributed by atoms with Gasteiger partial charge >= 0.3 is 5.97 Å². The average Bonchev–Trinajstić information content (AvgIpc) is 3.29. The minimum absolute atomic E-state index is 0.126. The van der Waals surface area contributed by atoms with Crippen LogP contribution in [0.4, 0.5) is 0 Å². The van der Waals surface area contributed by atoms with E-state index < -0.39 is 33.4 Å². The third-order valence-corrected chi connectivity index (χ3v) is 9.68. The molecule has 0 aromatic carbocycles. The quantitative estimate of drug-likeness (QED) is 0.615. The van der Waals surface area contributed by atoms with E-state index in [-0.39, 0.29) is 37.0 Å². The van der Waals surface area contributed by atoms with Gasteiger partial charge < -0.3 is 20.1 Å². The van der Waals surface area contributed by atoms with Gasteiger partial charge in [-0.25, -0.2) is 0 Å². The normalized spacial score (nSPS) is 39.1. The van der Waals surface area contributed by atoms with Gasteiger partial charge in [-0.05, 0) is 46.5 Å². The fraction of sp³-hybridized carbons (Fsp3) is 0.864. The summed E-state index contributed by atoms with van der Waals surface area (Å²) < 4.78 is 4.33. The van der Waals surface area contributed by atoms with Crippen LogP contribution in [0.5, 0.6) is 0 Å². The molecule has 1 aliphatic carbocycles. The summed E-state index contributed by atoms with van der Waals surface area (Å²) >= 11 is 1.64. The molecule has 2 bridgehead atoms. The Hall–Kier alpha value is -1.28. The topological polar surface area (TPSA) is 95.9 Å². The highest BCUT2D eigenvalue weighted by molar-refractivity contribution is 8.02. The van der Waals surface area contributed by atoms with Crippen molar-refractivity contribution in [3.63, 3.8) is 0 Å². The fourth-order valence-corrected chi connectivity index (χ4v) is 8.67. The lowest BCUT2D eigenvalue weighted by Gasteiger charge is -2.37. The molecule has 7 nitrogen and oxygen atoms in total. The summed E-state index contributed by atoms with van der Waals surface area (Å²) in [5.41, 5.74) is 0. The molecule has 168 valence electrons. The fourth-order valence-electron chi connectivity index (χ4n) is 6.34. The van der Waals surface area contributed by atoms with E-state index in [4.69, 9.17) is 4.74 Å². The Morgan fingerprint density at radius 3 is 2.63 bits per heavy atom. The Morgan fingerprint density at radius 1 is 1.30 bits per heavy atom. The number of ether oxygens (including phenoxy) is 1. The van der Waals surface area contributed by atoms with Crippen LogP contribution >= 0.6 is 11.8 Å². The van der Waals surface area contributed by atoms with Crippen molar-refractivity contribution in [1.82, 2.24) is 10.2 Å². The van der Waals surface area contributed by atoms with Crippen LogP contribution < -0.4 is 5.32 Å². The van der Waals surface area contributed by atoms with Crippen LogP contribution in [0.1, 0.15) is 65.7 Å². The van der Waals surface area contributed by atoms with Crippen molar-refractivity contribution in [3.05, 3.63) is 0 Å². The van der Waals surface area contributed by atoms with Crippen LogP contribution in [0.3, 0.4) is 0 Å². The van der Waals surface area contributed by atoms with Gasteiger partial charge in [-0.3, -0.25) is 14.4 Å². The number of carbonyl (C=O) groups excluding carboxylic acids is 3. The number of hydrogen-bond acceptors (Lipinski definition) is 6. The summed E-state index contributed by atoms with van der Waals surface area (Å²) in [6, 6.07) is -0.997. The van der Waals surface area contributed by atoms with Crippen molar-refractivity contribution < 1.29 is 24.2 Å². The van der Waals surface area contributed by atoms with Crippen molar-refractivity contribution in [1.29, 1.82) is 0 Å². The Labute approximate surface area is 182 Å². The van der Waals surface area contributed by atoms with Crippen LogP contribution in [-0.4, -0.2) is 68.6 Å². The summed E-state index contributed by atoms with van der Waals surface area (Å²) in [7, 11) is 0. The van der Waals surface area contributed by atoms with E-state index >= 15 is 0 Å². The largest absolute Gasteiger partial charge is 0.466 e. The number of likely N-dealkylation sites (tertiary alicyclic amines) is 1. The monoisotopic (exact) mass is 438 g/mol. The van der Waals surface area contributed by atoms with Crippen LogP contribution in [0, 0.1) is 11.8 Å². The third-order valence-electron chi connectivity index (χ3n) is 7.69. The highest BCUT2D eigenvalue weighted by atomic mass is 32.2. The van der Waals surface area contributed by atoms with E-state index in [1.54, 1.807) is 30.5 Å². The second-order valence-electron chi connectivity index (χ2n) is 9.60. The van der Waals surface area contributed by atoms with Crippen molar-refractivity contribution in [3.8, 4) is 0 Å². The van der Waals surface area contributed by atoms with Gasteiger partial charge in [0.25, 0.3) is 0 Å². The molecule has 4 rings (SSSR count). The predicted molar refractivity (Wildman–Crippen MR) is 114 cm³/mol. The zero-order valence-corrected chi connectivity index (χ0v) is 19.0. The zero-order chi connectivity index (χ0) is 21.7. The number of nitrogens with zero attached hydrogens (tertiary/aromatic N) is 1. The van der Waals surface area contributed by atoms with Crippen molar-refractivity contribution in [2.75, 3.05) is 13.2 Å². The molecule has 3 aliphatic heterocycles. The summed E-state index contributed by atoms with van der Waals surface area (Å²) in [6.45, 7) is 5.64. The van der Waals surface area contributed by atoms with Crippen LogP contribution in [0.25, 0.3) is 0 Å². The average molecular weight is 439 g/mol. The van der Waals surface area contributed by atoms with Gasteiger partial charge in [0.1, 0.15) is 6.04 Å². The standard InChI is InChI=1S/C22H34N2O5S/c1-4-29-20(28)16-15-19(27)24(13(2)12-25)17(22(15)11-10-21(16,3)30-22)18(26)23-14-8-6-5-7-9-14/h13-17,25H,4-12H2,1-3H3,(H,23,26)/t13-,15+,16-,17?,21+,22?/m1/s1. The number of thioether (sulfide) groups is 1. The Bertz CT molecular complexity index is 726. The molecule has 1 saturated carbocycles. The molecule has 1 spiro atoms. The van der Waals surface area contributed by atoms with Gasteiger partial charge in [-0.2, -0.15) is 0 Å². The second kappa shape index (κ2) is 8.01. The molecule has 8 heteroatoms. The van der Waals surface area contributed by atoms with Gasteiger partial charge in [-0.15, -0.1) is 11.8 Å². The molecule has 6 atom stereocenters. The first-order chi connectivity index (χ1) is 14.3. The maximum atomic E-state index is 13.7. The van der Waals surface area contributed by atoms with Gasteiger partial charge in [0.15, 0.2) is 0 Å². The molecular weight excluding hydrogens is 404 g/mol. The smallest absolute Gasteiger partial charge is 0.311 e. The maximum absolute atomic E-state index is 13.7. The third kappa shape index (κ3) is 3.17. The maximum Gasteiger partial charge on any atom is 0.311 e. The number of aliphatic hydroxyl groups is 1. The summed E-state index contributed by atoms with van der Waals surface area (Å²) in [5.74, 6) is -1.77. The van der Waals surface area contributed by atoms with Gasteiger partial charge in [0, 0.05) is 10.8 Å². The lowest BCUT2D eigenvalue weighted by molar-refractivity contribution is -0.155. The van der Waals surface area contributed by atoms with Crippen LogP contribution in [0.2, 0.25) is 0 Å². The Balaban J connectivity index is 1.70. The highest BCUT2D eigenvalue weighted by Gasteiger charge is 2.77. The van der Waals surface area contributed by atoms with E-state index in [0.717, 1.165) is 38.5 Å². The summed E-state index contributed by atoms with van der Waals surface area (Å²) in [5, 5.41) is 13.1. The molecule has 2 unspecified atom stereocenters. The number of fused-ring (bicyclic) bond motifs is 1. The molecule has 3 saturated heterocycles. The van der Waals surface area contributed by atoms with E-state index in [2.05, 4.69) is 5.32 Å². The molecule has 3 heterocycles. The number of carbonyl (C=O) groups is 3. The van der Waals surface area contributed by atoms with E-state index in [0.29, 0.717) is 0 Å². The number of esters is 1. The molecule has 2 amide bonds. The van der Waals surface area contributed by atoms with Crippen molar-refractivity contribution in [2.45, 2.75) is 93.3 Å². The first-order valence-electron chi connectivity index (χ1n) is 11.4. The molecular formula is C22H34N2O5S. The van der Waals surface area contributed by atoms with Gasteiger partial charge in [-0.1, -0.05) is 19.3 Å². The molecule has 30 heavy (non-hydrogen) atoms. The molecule has 2 N–H and O–H groups in total. The molecule has 0 aromatic rings. The lowest BCUT2D eigenvalue weighted by atomic mass is 9.66. The van der Waals surface area contributed by atoms with E-state index in [1.165, 1.54) is 6.42 Å². The van der Waals surface area contributed by atoms with Crippen LogP contribution in [0.15, 0.2) is 0 Å². The zero-order valence-electron chi connectivity index (χ0n) is 18.2.